The van der Waals surface area contributed by atoms with Gasteiger partial charge in [-0.25, -0.2) is 13.5 Å². The summed E-state index contributed by atoms with van der Waals surface area (Å²) in [4.78, 5) is 11.5. The molecule has 0 fully saturated rings. The van der Waals surface area contributed by atoms with Crippen LogP contribution in [-0.2, 0) is 4.79 Å². The van der Waals surface area contributed by atoms with E-state index in [1.54, 1.807) is 41.2 Å². The van der Waals surface area contributed by atoms with Crippen LogP contribution in [-0.4, -0.2) is 35.0 Å². The van der Waals surface area contributed by atoms with Crippen molar-refractivity contribution in [3.05, 3.63) is 84.1 Å². The molecule has 2 atom stereocenters. The number of carbonyl (C=O) groups excluding carboxylic acids is 1. The molecule has 6 nitrogen and oxygen atoms in total. The summed E-state index contributed by atoms with van der Waals surface area (Å²) in [6, 6.07) is 13.2. The number of nitrogens with one attached hydrogen (secondary N) is 1. The number of hydrogen-bond donors (Lipinski definition) is 1. The summed E-state index contributed by atoms with van der Waals surface area (Å²) in [6.07, 6.45) is -4.73. The molecular formula is C25H20F5N3O3. The van der Waals surface area contributed by atoms with E-state index in [2.05, 4.69) is 5.10 Å². The van der Waals surface area contributed by atoms with Gasteiger partial charge in [0.05, 0.1) is 30.6 Å². The quantitative estimate of drug-likeness (QED) is 0.337. The number of rotatable bonds is 7. The summed E-state index contributed by atoms with van der Waals surface area (Å²) < 4.78 is 78.6. The summed E-state index contributed by atoms with van der Waals surface area (Å²) in [5.41, 5.74) is 1.47. The number of aromatic nitrogens is 2. The predicted octanol–water partition coefficient (Wildman–Crippen LogP) is 5.50. The van der Waals surface area contributed by atoms with Crippen LogP contribution in [0.25, 0.3) is 16.6 Å². The van der Waals surface area contributed by atoms with E-state index in [0.717, 1.165) is 6.07 Å². The van der Waals surface area contributed by atoms with Gasteiger partial charge in [0.15, 0.2) is 11.6 Å². The lowest BCUT2D eigenvalue weighted by Crippen LogP contribution is -2.45. The molecule has 0 aliphatic heterocycles. The molecule has 0 radical (unpaired) electrons. The van der Waals surface area contributed by atoms with Gasteiger partial charge in [0.25, 0.3) is 0 Å². The second kappa shape index (κ2) is 9.84. The van der Waals surface area contributed by atoms with Gasteiger partial charge in [-0.3, -0.25) is 4.79 Å². The monoisotopic (exact) mass is 505 g/mol. The Kier molecular flexibility index (Phi) is 6.82. The highest BCUT2D eigenvalue weighted by Gasteiger charge is 2.40. The van der Waals surface area contributed by atoms with Crippen molar-refractivity contribution in [1.82, 2.24) is 15.1 Å². The van der Waals surface area contributed by atoms with Crippen molar-refractivity contribution in [2.24, 2.45) is 0 Å². The Bertz CT molecular complexity index is 1390. The maximum absolute atomic E-state index is 14.4. The summed E-state index contributed by atoms with van der Waals surface area (Å²) in [5.74, 6) is -3.09. The number of methoxy groups -OCH3 is 1. The molecule has 1 amide bonds. The molecule has 36 heavy (non-hydrogen) atoms. The van der Waals surface area contributed by atoms with Crippen molar-refractivity contribution in [3.63, 3.8) is 0 Å². The molecule has 1 aromatic heterocycles. The van der Waals surface area contributed by atoms with Crippen molar-refractivity contribution >= 4 is 16.8 Å². The average molecular weight is 505 g/mol. The van der Waals surface area contributed by atoms with Crippen molar-refractivity contribution < 1.29 is 36.2 Å². The highest BCUT2D eigenvalue weighted by molar-refractivity contribution is 5.82. The lowest BCUT2D eigenvalue weighted by atomic mass is 10.0. The van der Waals surface area contributed by atoms with E-state index in [4.69, 9.17) is 9.47 Å². The van der Waals surface area contributed by atoms with Crippen LogP contribution in [0.15, 0.2) is 66.9 Å². The zero-order valence-electron chi connectivity index (χ0n) is 19.0. The van der Waals surface area contributed by atoms with Crippen LogP contribution in [0.4, 0.5) is 22.0 Å². The molecular weight excluding hydrogens is 485 g/mol. The predicted molar refractivity (Wildman–Crippen MR) is 121 cm³/mol. The van der Waals surface area contributed by atoms with E-state index in [0.29, 0.717) is 16.6 Å². The average Bonchev–Trinajstić information content (AvgIpc) is 3.25. The first-order chi connectivity index (χ1) is 17.1. The molecule has 1 N–H and O–H groups in total. The molecule has 0 aliphatic carbocycles. The lowest BCUT2D eigenvalue weighted by molar-refractivity contribution is -0.174. The maximum Gasteiger partial charge on any atom is 0.471 e. The fourth-order valence-electron chi connectivity index (χ4n) is 3.70. The molecule has 11 heteroatoms. The third-order valence-electron chi connectivity index (χ3n) is 5.45. The minimum absolute atomic E-state index is 0.0564. The minimum atomic E-state index is -5.10. The van der Waals surface area contributed by atoms with Crippen LogP contribution >= 0.6 is 0 Å². The van der Waals surface area contributed by atoms with Crippen LogP contribution in [0.1, 0.15) is 18.6 Å². The van der Waals surface area contributed by atoms with Crippen molar-refractivity contribution in [2.45, 2.75) is 25.2 Å². The molecule has 1 heterocycles. The van der Waals surface area contributed by atoms with Gasteiger partial charge >= 0.3 is 12.1 Å². The smallest absolute Gasteiger partial charge is 0.471 e. The van der Waals surface area contributed by atoms with Crippen LogP contribution in [0.3, 0.4) is 0 Å². The molecule has 0 spiro atoms. The molecule has 3 aromatic carbocycles. The van der Waals surface area contributed by atoms with Crippen molar-refractivity contribution in [1.29, 1.82) is 0 Å². The van der Waals surface area contributed by atoms with E-state index in [1.807, 2.05) is 5.32 Å². The number of alkyl halides is 3. The van der Waals surface area contributed by atoms with Crippen LogP contribution in [0.5, 0.6) is 11.5 Å². The van der Waals surface area contributed by atoms with Gasteiger partial charge in [0, 0.05) is 5.39 Å². The molecule has 4 rings (SSSR count). The number of fused-ring (bicyclic) bond motifs is 1. The van der Waals surface area contributed by atoms with E-state index in [1.165, 1.54) is 38.3 Å². The first-order valence-electron chi connectivity index (χ1n) is 10.7. The van der Waals surface area contributed by atoms with Gasteiger partial charge in [0.1, 0.15) is 17.7 Å². The Morgan fingerprint density at radius 2 is 1.75 bits per heavy atom. The van der Waals surface area contributed by atoms with Gasteiger partial charge < -0.3 is 14.8 Å². The topological polar surface area (TPSA) is 65.4 Å². The van der Waals surface area contributed by atoms with Crippen molar-refractivity contribution in [2.75, 3.05) is 7.11 Å². The van der Waals surface area contributed by atoms with Crippen LogP contribution < -0.4 is 14.8 Å². The Labute approximate surface area is 202 Å². The molecule has 188 valence electrons. The SMILES string of the molecule is COc1ccc(C(Oc2ccc3c(cnn3-c3ccc(F)cc3)c2)C(C)NC(=O)C(F)(F)F)cc1F. The Hall–Kier alpha value is -4.15. The van der Waals surface area contributed by atoms with Gasteiger partial charge in [-0.05, 0) is 67.1 Å². The third kappa shape index (κ3) is 5.24. The summed E-state index contributed by atoms with van der Waals surface area (Å²) in [7, 11) is 1.28. The lowest BCUT2D eigenvalue weighted by Gasteiger charge is -2.27. The van der Waals surface area contributed by atoms with Crippen LogP contribution in [0, 0.1) is 11.6 Å². The number of nitrogens with zero attached hydrogens (tertiary/aromatic N) is 2. The number of ether oxygens (including phenoxy) is 2. The molecule has 0 bridgehead atoms. The van der Waals surface area contributed by atoms with E-state index in [-0.39, 0.29) is 17.1 Å². The summed E-state index contributed by atoms with van der Waals surface area (Å²) >= 11 is 0. The fourth-order valence-corrected chi connectivity index (χ4v) is 3.70. The number of halogens is 5. The largest absolute Gasteiger partial charge is 0.494 e. The Morgan fingerprint density at radius 3 is 2.39 bits per heavy atom. The van der Waals surface area contributed by atoms with Crippen LogP contribution in [0.2, 0.25) is 0 Å². The zero-order valence-corrected chi connectivity index (χ0v) is 19.0. The highest BCUT2D eigenvalue weighted by atomic mass is 19.4. The molecule has 0 aliphatic rings. The highest BCUT2D eigenvalue weighted by Crippen LogP contribution is 2.31. The van der Waals surface area contributed by atoms with Crippen molar-refractivity contribution in [3.8, 4) is 17.2 Å². The fraction of sp³-hybridized carbons (Fsp3) is 0.200. The zero-order chi connectivity index (χ0) is 26.0. The van der Waals surface area contributed by atoms with Gasteiger partial charge in [0.2, 0.25) is 0 Å². The maximum atomic E-state index is 14.4. The number of amides is 1. The first kappa shape index (κ1) is 25.0. The van der Waals surface area contributed by atoms with E-state index >= 15 is 0 Å². The summed E-state index contributed by atoms with van der Waals surface area (Å²) in [5, 5.41) is 6.79. The van der Waals surface area contributed by atoms with E-state index < -0.39 is 35.9 Å². The van der Waals surface area contributed by atoms with Gasteiger partial charge in [-0.2, -0.15) is 18.3 Å². The number of benzene rings is 3. The third-order valence-corrected chi connectivity index (χ3v) is 5.45. The standard InChI is InChI=1S/C25H20F5N3O3/c1-14(32-24(34)25(28,29)30)23(15-3-10-22(35-2)20(27)12-15)36-19-8-9-21-16(11-19)13-31-33(21)18-6-4-17(26)5-7-18/h3-14,23H,1-2H3,(H,32,34). The van der Waals surface area contributed by atoms with Gasteiger partial charge in [-0.15, -0.1) is 0 Å². The summed E-state index contributed by atoms with van der Waals surface area (Å²) in [6.45, 7) is 1.32. The Balaban J connectivity index is 1.66. The van der Waals surface area contributed by atoms with E-state index in [9.17, 15) is 26.7 Å². The molecule has 0 saturated heterocycles. The molecule has 0 saturated carbocycles. The van der Waals surface area contributed by atoms with Gasteiger partial charge in [-0.1, -0.05) is 6.07 Å². The normalized spacial score (nSPS) is 13.3. The molecule has 4 aromatic rings. The second-order valence-electron chi connectivity index (χ2n) is 7.95. The number of hydrogen-bond acceptors (Lipinski definition) is 4. The first-order valence-corrected chi connectivity index (χ1v) is 10.7. The number of carbonyl (C=O) groups is 1. The Morgan fingerprint density at radius 1 is 1.03 bits per heavy atom. The second-order valence-corrected chi connectivity index (χ2v) is 7.95. The minimum Gasteiger partial charge on any atom is -0.494 e. The molecule has 2 unspecified atom stereocenters.